The molecule has 5 nitrogen and oxygen atoms in total. The predicted molar refractivity (Wildman–Crippen MR) is 110 cm³/mol. The molecule has 2 heterocycles. The molecule has 1 aromatic carbocycles. The lowest BCUT2D eigenvalue weighted by Crippen LogP contribution is -2.15. The lowest BCUT2D eigenvalue weighted by Gasteiger charge is -2.08. The van der Waals surface area contributed by atoms with Gasteiger partial charge < -0.3 is 10.1 Å². The van der Waals surface area contributed by atoms with E-state index in [4.69, 9.17) is 27.9 Å². The molecule has 0 aliphatic rings. The fraction of sp³-hybridized carbons (Fsp3) is 0.211. The summed E-state index contributed by atoms with van der Waals surface area (Å²) >= 11 is 13.6. The molecule has 0 aliphatic heterocycles. The minimum absolute atomic E-state index is 0.0215. The second-order valence-electron chi connectivity index (χ2n) is 5.98. The molecule has 0 unspecified atom stereocenters. The maximum Gasteiger partial charge on any atom is 0.230 e. The maximum atomic E-state index is 12.4. The van der Waals surface area contributed by atoms with Crippen LogP contribution < -0.4 is 10.1 Å². The van der Waals surface area contributed by atoms with Gasteiger partial charge in [-0.25, -0.2) is 9.97 Å². The molecule has 0 aliphatic carbocycles. The topological polar surface area (TPSA) is 64.1 Å². The molecule has 2 aromatic heterocycles. The number of carbonyl (C=O) groups excluding carboxylic acids is 1. The van der Waals surface area contributed by atoms with Crippen LogP contribution in [0.5, 0.6) is 5.75 Å². The number of nitrogens with zero attached hydrogens (tertiary/aromatic N) is 2. The first-order chi connectivity index (χ1) is 12.9. The predicted octanol–water partition coefficient (Wildman–Crippen LogP) is 5.32. The molecule has 1 N–H and O–H groups in total. The van der Waals surface area contributed by atoms with E-state index in [0.29, 0.717) is 21.4 Å². The molecule has 3 rings (SSSR count). The molecular formula is C19H17Cl2N3O2S. The van der Waals surface area contributed by atoms with Crippen LogP contribution in [0.15, 0.2) is 29.6 Å². The number of aromatic nitrogens is 2. The van der Waals surface area contributed by atoms with Gasteiger partial charge in [-0.05, 0) is 32.0 Å². The standard InChI is InChI=1S/C19H17Cl2N3O2S/c1-10-4-5-16(26-3)13(6-10)15-9-27-19(23-15)24-17(25)8-12-14(20)7-11(2)22-18(12)21/h4-7,9H,8H2,1-3H3,(H,23,24,25). The number of thiazole rings is 1. The van der Waals surface area contributed by atoms with Gasteiger partial charge in [0.05, 0.1) is 19.2 Å². The number of amides is 1. The zero-order valence-corrected chi connectivity index (χ0v) is 17.3. The van der Waals surface area contributed by atoms with Crippen molar-refractivity contribution in [1.29, 1.82) is 0 Å². The van der Waals surface area contributed by atoms with Gasteiger partial charge >= 0.3 is 0 Å². The lowest BCUT2D eigenvalue weighted by atomic mass is 10.1. The highest BCUT2D eigenvalue weighted by Crippen LogP contribution is 2.33. The molecule has 0 bridgehead atoms. The van der Waals surface area contributed by atoms with Gasteiger partial charge in [0, 0.05) is 27.2 Å². The van der Waals surface area contributed by atoms with E-state index in [-0.39, 0.29) is 17.5 Å². The summed E-state index contributed by atoms with van der Waals surface area (Å²) in [6.07, 6.45) is 0.0215. The van der Waals surface area contributed by atoms with E-state index in [0.717, 1.165) is 22.6 Å². The molecule has 0 saturated carbocycles. The molecule has 0 atom stereocenters. The molecule has 140 valence electrons. The number of hydrogen-bond donors (Lipinski definition) is 1. The zero-order chi connectivity index (χ0) is 19.6. The van der Waals surface area contributed by atoms with Gasteiger partial charge in [0.2, 0.25) is 5.91 Å². The fourth-order valence-electron chi connectivity index (χ4n) is 2.58. The van der Waals surface area contributed by atoms with E-state index in [1.807, 2.05) is 30.5 Å². The van der Waals surface area contributed by atoms with Crippen LogP contribution in [0.25, 0.3) is 11.3 Å². The van der Waals surface area contributed by atoms with Crippen LogP contribution >= 0.6 is 34.5 Å². The van der Waals surface area contributed by atoms with Crippen molar-refractivity contribution in [3.63, 3.8) is 0 Å². The minimum atomic E-state index is -0.262. The van der Waals surface area contributed by atoms with Crippen molar-refractivity contribution >= 4 is 45.6 Å². The van der Waals surface area contributed by atoms with Gasteiger partial charge in [0.15, 0.2) is 5.13 Å². The third-order valence-corrected chi connectivity index (χ3v) is 5.27. The SMILES string of the molecule is COc1ccc(C)cc1-c1csc(NC(=O)Cc2c(Cl)cc(C)nc2Cl)n1. The Kier molecular flexibility index (Phi) is 5.99. The van der Waals surface area contributed by atoms with Crippen molar-refractivity contribution in [2.45, 2.75) is 20.3 Å². The van der Waals surface area contributed by atoms with Crippen LogP contribution in [0.4, 0.5) is 5.13 Å². The quantitative estimate of drug-likeness (QED) is 0.566. The number of methoxy groups -OCH3 is 1. The number of nitrogens with one attached hydrogen (secondary N) is 1. The zero-order valence-electron chi connectivity index (χ0n) is 15.0. The van der Waals surface area contributed by atoms with Gasteiger partial charge in [0.25, 0.3) is 0 Å². The van der Waals surface area contributed by atoms with E-state index in [1.54, 1.807) is 20.1 Å². The number of rotatable bonds is 5. The van der Waals surface area contributed by atoms with Crippen molar-refractivity contribution in [2.24, 2.45) is 0 Å². The highest BCUT2D eigenvalue weighted by Gasteiger charge is 2.16. The summed E-state index contributed by atoms with van der Waals surface area (Å²) < 4.78 is 5.40. The largest absolute Gasteiger partial charge is 0.496 e. The van der Waals surface area contributed by atoms with Gasteiger partial charge in [-0.3, -0.25) is 4.79 Å². The fourth-order valence-corrected chi connectivity index (χ4v) is 3.97. The average molecular weight is 422 g/mol. The van der Waals surface area contributed by atoms with Gasteiger partial charge in [-0.15, -0.1) is 11.3 Å². The number of aryl methyl sites for hydroxylation is 2. The van der Waals surface area contributed by atoms with Crippen molar-refractivity contribution in [2.75, 3.05) is 12.4 Å². The Bertz CT molecular complexity index is 981. The molecule has 0 spiro atoms. The summed E-state index contributed by atoms with van der Waals surface area (Å²) in [4.78, 5) is 21.0. The Morgan fingerprint density at radius 3 is 2.70 bits per heavy atom. The van der Waals surface area contributed by atoms with Crippen LogP contribution in [-0.4, -0.2) is 23.0 Å². The summed E-state index contributed by atoms with van der Waals surface area (Å²) in [7, 11) is 1.62. The Balaban J connectivity index is 1.77. The number of hydrogen-bond acceptors (Lipinski definition) is 5. The van der Waals surface area contributed by atoms with E-state index >= 15 is 0 Å². The van der Waals surface area contributed by atoms with Crippen molar-refractivity contribution in [3.8, 4) is 17.0 Å². The summed E-state index contributed by atoms with van der Waals surface area (Å²) in [5, 5.41) is 5.81. The van der Waals surface area contributed by atoms with E-state index in [2.05, 4.69) is 15.3 Å². The second-order valence-corrected chi connectivity index (χ2v) is 7.60. The van der Waals surface area contributed by atoms with E-state index in [9.17, 15) is 4.79 Å². The summed E-state index contributed by atoms with van der Waals surface area (Å²) in [6.45, 7) is 3.79. The highest BCUT2D eigenvalue weighted by atomic mass is 35.5. The minimum Gasteiger partial charge on any atom is -0.496 e. The van der Waals surface area contributed by atoms with E-state index in [1.165, 1.54) is 11.3 Å². The van der Waals surface area contributed by atoms with Gasteiger partial charge in [-0.2, -0.15) is 0 Å². The van der Waals surface area contributed by atoms with Gasteiger partial charge in [-0.1, -0.05) is 34.8 Å². The monoisotopic (exact) mass is 421 g/mol. The first-order valence-electron chi connectivity index (χ1n) is 8.09. The lowest BCUT2D eigenvalue weighted by molar-refractivity contribution is -0.115. The Morgan fingerprint density at radius 2 is 2.00 bits per heavy atom. The van der Waals surface area contributed by atoms with Gasteiger partial charge in [0.1, 0.15) is 10.9 Å². The van der Waals surface area contributed by atoms with Crippen molar-refractivity contribution in [3.05, 3.63) is 56.6 Å². The Morgan fingerprint density at radius 1 is 1.22 bits per heavy atom. The number of anilines is 1. The summed E-state index contributed by atoms with van der Waals surface area (Å²) in [5.41, 5.74) is 3.91. The number of ether oxygens (including phenoxy) is 1. The third kappa shape index (κ3) is 4.58. The van der Waals surface area contributed by atoms with Crippen LogP contribution in [0, 0.1) is 13.8 Å². The molecule has 0 saturated heterocycles. The second kappa shape index (κ2) is 8.25. The average Bonchev–Trinajstić information content (AvgIpc) is 3.06. The number of halogens is 2. The molecule has 0 fully saturated rings. The van der Waals surface area contributed by atoms with Crippen LogP contribution in [0.2, 0.25) is 10.2 Å². The molecule has 1 amide bonds. The van der Waals surface area contributed by atoms with Crippen LogP contribution in [0.1, 0.15) is 16.8 Å². The Hall–Kier alpha value is -2.15. The van der Waals surface area contributed by atoms with Crippen LogP contribution in [0.3, 0.4) is 0 Å². The first kappa shape index (κ1) is 19.6. The molecular weight excluding hydrogens is 405 g/mol. The molecule has 3 aromatic rings. The summed E-state index contributed by atoms with van der Waals surface area (Å²) in [5.74, 6) is 0.467. The third-order valence-electron chi connectivity index (χ3n) is 3.87. The van der Waals surface area contributed by atoms with Crippen molar-refractivity contribution in [1.82, 2.24) is 9.97 Å². The highest BCUT2D eigenvalue weighted by molar-refractivity contribution is 7.14. The molecule has 0 radical (unpaired) electrons. The number of benzene rings is 1. The number of pyridine rings is 1. The summed E-state index contributed by atoms with van der Waals surface area (Å²) in [6, 6.07) is 7.55. The Labute approximate surface area is 171 Å². The smallest absolute Gasteiger partial charge is 0.230 e. The van der Waals surface area contributed by atoms with Crippen molar-refractivity contribution < 1.29 is 9.53 Å². The first-order valence-corrected chi connectivity index (χ1v) is 9.73. The molecule has 27 heavy (non-hydrogen) atoms. The van der Waals surface area contributed by atoms with E-state index < -0.39 is 0 Å². The molecule has 8 heteroatoms. The normalized spacial score (nSPS) is 10.7. The maximum absolute atomic E-state index is 12.4. The number of carbonyl (C=O) groups is 1. The van der Waals surface area contributed by atoms with Crippen LogP contribution in [-0.2, 0) is 11.2 Å².